The number of hydrogen-bond donors (Lipinski definition) is 1. The first kappa shape index (κ1) is 17.1. The van der Waals surface area contributed by atoms with Crippen LogP contribution in [0.5, 0.6) is 0 Å². The van der Waals surface area contributed by atoms with Crippen LogP contribution in [-0.4, -0.2) is 19.0 Å². The van der Waals surface area contributed by atoms with E-state index >= 15 is 0 Å². The molecule has 0 aliphatic carbocycles. The van der Waals surface area contributed by atoms with Gasteiger partial charge in [-0.2, -0.15) is 0 Å². The van der Waals surface area contributed by atoms with Gasteiger partial charge >= 0.3 is 0 Å². The molecule has 6 heteroatoms. The largest absolute Gasteiger partial charge is 0.369 e. The minimum absolute atomic E-state index is 0.182. The number of amides is 1. The van der Waals surface area contributed by atoms with Crippen LogP contribution >= 0.6 is 23.2 Å². The normalized spacial score (nSPS) is 14.5. The highest BCUT2D eigenvalue weighted by molar-refractivity contribution is 6.44. The monoisotopic (exact) mass is 366 g/mol. The van der Waals surface area contributed by atoms with Crippen LogP contribution in [0.2, 0.25) is 10.0 Å². The summed E-state index contributed by atoms with van der Waals surface area (Å²) in [7, 11) is 0. The highest BCUT2D eigenvalue weighted by Gasteiger charge is 2.17. The second-order valence-corrected chi connectivity index (χ2v) is 6.55. The number of piperidine rings is 1. The van der Waals surface area contributed by atoms with Crippen LogP contribution in [0, 0.1) is 5.82 Å². The Balaban J connectivity index is 1.77. The fraction of sp³-hybridized carbons (Fsp3) is 0.278. The van der Waals surface area contributed by atoms with Gasteiger partial charge in [0, 0.05) is 18.8 Å². The second-order valence-electron chi connectivity index (χ2n) is 5.77. The zero-order valence-corrected chi connectivity index (χ0v) is 14.5. The minimum atomic E-state index is -0.423. The van der Waals surface area contributed by atoms with Gasteiger partial charge in [-0.1, -0.05) is 29.3 Å². The van der Waals surface area contributed by atoms with E-state index in [1.54, 1.807) is 30.3 Å². The minimum Gasteiger partial charge on any atom is -0.369 e. The molecule has 0 bridgehead atoms. The number of nitrogens with zero attached hydrogens (tertiary/aromatic N) is 1. The van der Waals surface area contributed by atoms with Crippen LogP contribution in [0.3, 0.4) is 0 Å². The van der Waals surface area contributed by atoms with Gasteiger partial charge in [-0.15, -0.1) is 0 Å². The quantitative estimate of drug-likeness (QED) is 0.791. The lowest BCUT2D eigenvalue weighted by atomic mass is 10.1. The Labute approximate surface area is 150 Å². The van der Waals surface area contributed by atoms with Crippen molar-refractivity contribution in [1.29, 1.82) is 0 Å². The van der Waals surface area contributed by atoms with Crippen LogP contribution in [0.15, 0.2) is 36.4 Å². The lowest BCUT2D eigenvalue weighted by Crippen LogP contribution is -2.30. The van der Waals surface area contributed by atoms with Crippen LogP contribution in [0.25, 0.3) is 0 Å². The predicted octanol–water partition coefficient (Wildman–Crippen LogP) is 5.38. The average molecular weight is 367 g/mol. The van der Waals surface area contributed by atoms with Crippen molar-refractivity contribution in [2.24, 2.45) is 0 Å². The molecule has 0 aromatic heterocycles. The molecule has 0 unspecified atom stereocenters. The zero-order valence-electron chi connectivity index (χ0n) is 13.0. The Bertz CT molecular complexity index is 761. The Morgan fingerprint density at radius 3 is 2.54 bits per heavy atom. The molecule has 0 radical (unpaired) electrons. The van der Waals surface area contributed by atoms with E-state index in [-0.39, 0.29) is 16.4 Å². The lowest BCUT2D eigenvalue weighted by molar-refractivity contribution is 0.102. The second kappa shape index (κ2) is 7.41. The van der Waals surface area contributed by atoms with Gasteiger partial charge in [0.05, 0.1) is 21.3 Å². The maximum Gasteiger partial charge on any atom is 0.257 e. The van der Waals surface area contributed by atoms with Crippen molar-refractivity contribution in [1.82, 2.24) is 0 Å². The lowest BCUT2D eigenvalue weighted by Gasteiger charge is -2.29. The molecule has 2 aromatic carbocycles. The van der Waals surface area contributed by atoms with Crippen LogP contribution in [-0.2, 0) is 0 Å². The van der Waals surface area contributed by atoms with Crippen LogP contribution < -0.4 is 10.2 Å². The van der Waals surface area contributed by atoms with Gasteiger partial charge in [-0.05, 0) is 49.6 Å². The van der Waals surface area contributed by atoms with Crippen molar-refractivity contribution in [3.63, 3.8) is 0 Å². The molecule has 3 nitrogen and oxygen atoms in total. The Morgan fingerprint density at radius 1 is 1.08 bits per heavy atom. The molecular formula is C18H17Cl2FN2O. The summed E-state index contributed by atoms with van der Waals surface area (Å²) < 4.78 is 14.4. The van der Waals surface area contributed by atoms with E-state index in [0.29, 0.717) is 16.4 Å². The predicted molar refractivity (Wildman–Crippen MR) is 96.9 cm³/mol. The molecule has 2 aromatic rings. The first-order valence-electron chi connectivity index (χ1n) is 7.86. The van der Waals surface area contributed by atoms with E-state index < -0.39 is 5.91 Å². The summed E-state index contributed by atoms with van der Waals surface area (Å²) in [5, 5.41) is 3.14. The Morgan fingerprint density at radius 2 is 1.83 bits per heavy atom. The number of hydrogen-bond acceptors (Lipinski definition) is 2. The summed E-state index contributed by atoms with van der Waals surface area (Å²) in [5.41, 5.74) is 1.22. The fourth-order valence-corrected chi connectivity index (χ4v) is 3.24. The van der Waals surface area contributed by atoms with E-state index in [1.165, 1.54) is 12.5 Å². The third-order valence-electron chi connectivity index (χ3n) is 4.10. The highest BCUT2D eigenvalue weighted by atomic mass is 35.5. The Kier molecular flexibility index (Phi) is 5.27. The number of rotatable bonds is 3. The van der Waals surface area contributed by atoms with Gasteiger partial charge in [-0.3, -0.25) is 4.79 Å². The maximum absolute atomic E-state index is 14.4. The number of nitrogens with one attached hydrogen (secondary N) is 1. The third-order valence-corrected chi connectivity index (χ3v) is 4.92. The molecule has 24 heavy (non-hydrogen) atoms. The third kappa shape index (κ3) is 3.65. The van der Waals surface area contributed by atoms with Crippen molar-refractivity contribution in [3.05, 3.63) is 57.8 Å². The smallest absolute Gasteiger partial charge is 0.257 e. The van der Waals surface area contributed by atoms with Gasteiger partial charge in [0.1, 0.15) is 5.82 Å². The van der Waals surface area contributed by atoms with Crippen molar-refractivity contribution in [2.75, 3.05) is 23.3 Å². The van der Waals surface area contributed by atoms with E-state index in [1.807, 2.05) is 4.90 Å². The SMILES string of the molecule is O=C(Nc1ccc(N2CCCCC2)c(F)c1)c1cccc(Cl)c1Cl. The van der Waals surface area contributed by atoms with Gasteiger partial charge in [0.15, 0.2) is 0 Å². The molecule has 1 saturated heterocycles. The summed E-state index contributed by atoms with van der Waals surface area (Å²) in [6.45, 7) is 1.72. The standard InChI is InChI=1S/C18H17Cl2FN2O/c19-14-6-4-5-13(17(14)20)18(24)22-12-7-8-16(15(21)11-12)23-9-2-1-3-10-23/h4-8,11H,1-3,9-10H2,(H,22,24). The summed E-state index contributed by atoms with van der Waals surface area (Å²) in [4.78, 5) is 14.3. The average Bonchev–Trinajstić information content (AvgIpc) is 2.58. The zero-order chi connectivity index (χ0) is 17.1. The Hall–Kier alpha value is -1.78. The molecular weight excluding hydrogens is 350 g/mol. The van der Waals surface area contributed by atoms with E-state index in [0.717, 1.165) is 25.9 Å². The van der Waals surface area contributed by atoms with Gasteiger partial charge < -0.3 is 10.2 Å². The van der Waals surface area contributed by atoms with Gasteiger partial charge in [-0.25, -0.2) is 4.39 Å². The molecule has 0 saturated carbocycles. The maximum atomic E-state index is 14.4. The molecule has 0 atom stereocenters. The van der Waals surface area contributed by atoms with Gasteiger partial charge in [0.25, 0.3) is 5.91 Å². The number of anilines is 2. The molecule has 1 N–H and O–H groups in total. The molecule has 3 rings (SSSR count). The summed E-state index contributed by atoms with van der Waals surface area (Å²) in [5.74, 6) is -0.764. The molecule has 0 spiro atoms. The number of carbonyl (C=O) groups excluding carboxylic acids is 1. The van der Waals surface area contributed by atoms with Crippen molar-refractivity contribution in [3.8, 4) is 0 Å². The van der Waals surface area contributed by atoms with E-state index in [2.05, 4.69) is 5.32 Å². The van der Waals surface area contributed by atoms with Crippen LogP contribution in [0.1, 0.15) is 29.6 Å². The van der Waals surface area contributed by atoms with Gasteiger partial charge in [0.2, 0.25) is 0 Å². The molecule has 126 valence electrons. The summed E-state index contributed by atoms with van der Waals surface area (Å²) >= 11 is 12.0. The van der Waals surface area contributed by atoms with Crippen molar-refractivity contribution < 1.29 is 9.18 Å². The molecule has 1 aliphatic heterocycles. The van der Waals surface area contributed by atoms with E-state index in [9.17, 15) is 9.18 Å². The number of carbonyl (C=O) groups is 1. The summed E-state index contributed by atoms with van der Waals surface area (Å²) in [6.07, 6.45) is 3.34. The molecule has 1 fully saturated rings. The first-order chi connectivity index (χ1) is 11.6. The number of benzene rings is 2. The molecule has 1 amide bonds. The topological polar surface area (TPSA) is 32.3 Å². The van der Waals surface area contributed by atoms with Crippen molar-refractivity contribution in [2.45, 2.75) is 19.3 Å². The van der Waals surface area contributed by atoms with E-state index in [4.69, 9.17) is 23.2 Å². The molecule has 1 aliphatic rings. The summed E-state index contributed by atoms with van der Waals surface area (Å²) in [6, 6.07) is 9.55. The highest BCUT2D eigenvalue weighted by Crippen LogP contribution is 2.28. The first-order valence-corrected chi connectivity index (χ1v) is 8.62. The van der Waals surface area contributed by atoms with Crippen molar-refractivity contribution >= 4 is 40.5 Å². The van der Waals surface area contributed by atoms with Crippen LogP contribution in [0.4, 0.5) is 15.8 Å². The fourth-order valence-electron chi connectivity index (χ4n) is 2.85. The number of halogens is 3. The molecule has 1 heterocycles.